The zero-order valence-corrected chi connectivity index (χ0v) is 12.8. The highest BCUT2D eigenvalue weighted by Gasteiger charge is 2.22. The topological polar surface area (TPSA) is 58.6 Å². The lowest BCUT2D eigenvalue weighted by atomic mass is 10.1. The van der Waals surface area contributed by atoms with Crippen molar-refractivity contribution in [1.82, 2.24) is 10.2 Å². The smallest absolute Gasteiger partial charge is 0.324 e. The van der Waals surface area contributed by atoms with Gasteiger partial charge in [0.2, 0.25) is 5.91 Å². The fraction of sp³-hybridized carbons (Fsp3) is 0.500. The molecule has 2 rings (SSSR count). The molecular formula is C16H22N2O3. The molecule has 0 spiro atoms. The zero-order chi connectivity index (χ0) is 15.4. The summed E-state index contributed by atoms with van der Waals surface area (Å²) >= 11 is 0. The summed E-state index contributed by atoms with van der Waals surface area (Å²) in [5.74, 6) is 0.694. The van der Waals surface area contributed by atoms with Gasteiger partial charge in [-0.15, -0.1) is 0 Å². The largest absolute Gasteiger partial charge is 0.491 e. The second-order valence-electron chi connectivity index (χ2n) is 5.61. The van der Waals surface area contributed by atoms with Crippen LogP contribution in [-0.2, 0) is 11.2 Å². The van der Waals surface area contributed by atoms with Crippen LogP contribution in [-0.4, -0.2) is 36.0 Å². The first-order valence-electron chi connectivity index (χ1n) is 7.30. The number of benzene rings is 1. The normalized spacial score (nSPS) is 15.3. The Bertz CT molecular complexity index is 540. The molecule has 5 heteroatoms. The van der Waals surface area contributed by atoms with Crippen molar-refractivity contribution in [2.24, 2.45) is 0 Å². The highest BCUT2D eigenvalue weighted by atomic mass is 16.5. The minimum atomic E-state index is -0.294. The molecule has 1 aromatic carbocycles. The van der Waals surface area contributed by atoms with Gasteiger partial charge in [-0.1, -0.05) is 12.1 Å². The molecule has 5 nitrogen and oxygen atoms in total. The molecule has 0 bridgehead atoms. The number of nitrogens with one attached hydrogen (secondary N) is 1. The Morgan fingerprint density at radius 1 is 1.33 bits per heavy atom. The van der Waals surface area contributed by atoms with E-state index in [0.717, 1.165) is 23.3 Å². The van der Waals surface area contributed by atoms with Crippen molar-refractivity contribution in [3.63, 3.8) is 0 Å². The van der Waals surface area contributed by atoms with Crippen LogP contribution in [0.3, 0.4) is 0 Å². The number of amides is 3. The van der Waals surface area contributed by atoms with Crippen LogP contribution in [0.25, 0.3) is 0 Å². The van der Waals surface area contributed by atoms with E-state index in [9.17, 15) is 9.59 Å². The van der Waals surface area contributed by atoms with Crippen molar-refractivity contribution in [1.29, 1.82) is 0 Å². The van der Waals surface area contributed by atoms with Gasteiger partial charge in [0.1, 0.15) is 5.75 Å². The van der Waals surface area contributed by atoms with Crippen LogP contribution in [0.1, 0.15) is 31.4 Å². The molecule has 21 heavy (non-hydrogen) atoms. The average Bonchev–Trinajstić information content (AvgIpc) is 2.40. The van der Waals surface area contributed by atoms with E-state index >= 15 is 0 Å². The van der Waals surface area contributed by atoms with Crippen LogP contribution in [0.4, 0.5) is 4.79 Å². The van der Waals surface area contributed by atoms with Gasteiger partial charge in [0.25, 0.3) is 0 Å². The predicted octanol–water partition coefficient (Wildman–Crippen LogP) is 2.27. The molecule has 0 saturated carbocycles. The lowest BCUT2D eigenvalue weighted by molar-refractivity contribution is -0.121. The van der Waals surface area contributed by atoms with Crippen LogP contribution >= 0.6 is 0 Å². The van der Waals surface area contributed by atoms with Crippen molar-refractivity contribution >= 4 is 11.9 Å². The average molecular weight is 290 g/mol. The molecule has 1 aromatic rings. The SMILES string of the molecule is Cc1ccc(CCN2CCC(=O)NC2=O)cc1OC(C)C. The Hall–Kier alpha value is -2.04. The molecule has 0 unspecified atom stereocenters. The number of carbonyl (C=O) groups excluding carboxylic acids is 2. The number of nitrogens with zero attached hydrogens (tertiary/aromatic N) is 1. The third kappa shape index (κ3) is 4.21. The van der Waals surface area contributed by atoms with E-state index in [1.165, 1.54) is 0 Å². The number of rotatable bonds is 5. The van der Waals surface area contributed by atoms with Gasteiger partial charge in [0.15, 0.2) is 0 Å². The van der Waals surface area contributed by atoms with E-state index in [0.29, 0.717) is 19.5 Å². The van der Waals surface area contributed by atoms with Crippen LogP contribution < -0.4 is 10.1 Å². The first kappa shape index (κ1) is 15.4. The molecule has 114 valence electrons. The van der Waals surface area contributed by atoms with Crippen molar-refractivity contribution in [3.8, 4) is 5.75 Å². The van der Waals surface area contributed by atoms with Gasteiger partial charge in [0.05, 0.1) is 6.10 Å². The van der Waals surface area contributed by atoms with Crippen molar-refractivity contribution < 1.29 is 14.3 Å². The summed E-state index contributed by atoms with van der Waals surface area (Å²) < 4.78 is 5.78. The quantitative estimate of drug-likeness (QED) is 0.905. The highest BCUT2D eigenvalue weighted by molar-refractivity contribution is 5.96. The van der Waals surface area contributed by atoms with E-state index in [1.54, 1.807) is 4.90 Å². The Balaban J connectivity index is 1.97. The highest BCUT2D eigenvalue weighted by Crippen LogP contribution is 2.21. The van der Waals surface area contributed by atoms with E-state index in [4.69, 9.17) is 4.74 Å². The molecule has 0 radical (unpaired) electrons. The van der Waals surface area contributed by atoms with Crippen LogP contribution in [0, 0.1) is 6.92 Å². The van der Waals surface area contributed by atoms with Crippen LogP contribution in [0.15, 0.2) is 18.2 Å². The van der Waals surface area contributed by atoms with Gasteiger partial charge in [-0.2, -0.15) is 0 Å². The second kappa shape index (κ2) is 6.61. The maximum absolute atomic E-state index is 11.7. The first-order chi connectivity index (χ1) is 9.95. The van der Waals surface area contributed by atoms with Gasteiger partial charge in [-0.25, -0.2) is 4.79 Å². The maximum Gasteiger partial charge on any atom is 0.324 e. The lowest BCUT2D eigenvalue weighted by Crippen LogP contribution is -2.49. The van der Waals surface area contributed by atoms with E-state index in [-0.39, 0.29) is 18.0 Å². The summed E-state index contributed by atoms with van der Waals surface area (Å²) in [7, 11) is 0. The summed E-state index contributed by atoms with van der Waals surface area (Å²) in [6.45, 7) is 7.11. The summed E-state index contributed by atoms with van der Waals surface area (Å²) in [6.07, 6.45) is 1.26. The molecule has 1 fully saturated rings. The third-order valence-electron chi connectivity index (χ3n) is 3.43. The molecule has 0 aromatic heterocycles. The van der Waals surface area contributed by atoms with Gasteiger partial charge in [-0.05, 0) is 44.4 Å². The van der Waals surface area contributed by atoms with Crippen molar-refractivity contribution in [3.05, 3.63) is 29.3 Å². The van der Waals surface area contributed by atoms with Gasteiger partial charge in [0, 0.05) is 19.5 Å². The Labute approximate surface area is 125 Å². The van der Waals surface area contributed by atoms with E-state index in [2.05, 4.69) is 11.4 Å². The summed E-state index contributed by atoms with van der Waals surface area (Å²) in [6, 6.07) is 5.82. The number of ether oxygens (including phenoxy) is 1. The Morgan fingerprint density at radius 2 is 2.10 bits per heavy atom. The maximum atomic E-state index is 11.7. The van der Waals surface area contributed by atoms with Crippen LogP contribution in [0.5, 0.6) is 5.75 Å². The second-order valence-corrected chi connectivity index (χ2v) is 5.61. The Kier molecular flexibility index (Phi) is 4.83. The Morgan fingerprint density at radius 3 is 2.76 bits per heavy atom. The number of urea groups is 1. The fourth-order valence-electron chi connectivity index (χ4n) is 2.26. The van der Waals surface area contributed by atoms with Crippen molar-refractivity contribution in [2.45, 2.75) is 39.7 Å². The molecular weight excluding hydrogens is 268 g/mol. The molecule has 1 heterocycles. The number of carbonyl (C=O) groups is 2. The molecule has 1 aliphatic heterocycles. The molecule has 1 N–H and O–H groups in total. The number of aryl methyl sites for hydroxylation is 1. The summed E-state index contributed by atoms with van der Waals surface area (Å²) in [4.78, 5) is 24.4. The standard InChI is InChI=1S/C16H22N2O3/c1-11(2)21-14-10-13(5-4-12(14)3)6-8-18-9-7-15(19)17-16(18)20/h4-5,10-11H,6-9H2,1-3H3,(H,17,19,20). The van der Waals surface area contributed by atoms with Gasteiger partial charge >= 0.3 is 6.03 Å². The predicted molar refractivity (Wildman–Crippen MR) is 80.4 cm³/mol. The lowest BCUT2D eigenvalue weighted by Gasteiger charge is -2.26. The molecule has 1 saturated heterocycles. The number of hydrogen-bond donors (Lipinski definition) is 1. The minimum absolute atomic E-state index is 0.137. The molecule has 0 aliphatic carbocycles. The number of imide groups is 1. The first-order valence-corrected chi connectivity index (χ1v) is 7.30. The third-order valence-corrected chi connectivity index (χ3v) is 3.43. The van der Waals surface area contributed by atoms with E-state index in [1.807, 2.05) is 32.9 Å². The molecule has 0 atom stereocenters. The van der Waals surface area contributed by atoms with Crippen LogP contribution in [0.2, 0.25) is 0 Å². The summed E-state index contributed by atoms with van der Waals surface area (Å²) in [5.41, 5.74) is 2.23. The molecule has 3 amide bonds. The summed E-state index contributed by atoms with van der Waals surface area (Å²) in [5, 5.41) is 2.34. The number of hydrogen-bond acceptors (Lipinski definition) is 3. The minimum Gasteiger partial charge on any atom is -0.491 e. The van der Waals surface area contributed by atoms with Crippen molar-refractivity contribution in [2.75, 3.05) is 13.1 Å². The molecule has 1 aliphatic rings. The van der Waals surface area contributed by atoms with Gasteiger partial charge < -0.3 is 9.64 Å². The monoisotopic (exact) mass is 290 g/mol. The van der Waals surface area contributed by atoms with Gasteiger partial charge in [-0.3, -0.25) is 10.1 Å². The van der Waals surface area contributed by atoms with E-state index < -0.39 is 0 Å². The zero-order valence-electron chi connectivity index (χ0n) is 12.8. The fourth-order valence-corrected chi connectivity index (χ4v) is 2.26.